The predicted molar refractivity (Wildman–Crippen MR) is 132 cm³/mol. The number of nitrogens with zero attached hydrogens (tertiary/aromatic N) is 2. The number of fused-ring (bicyclic) bond motifs is 1. The van der Waals surface area contributed by atoms with Crippen molar-refractivity contribution in [3.05, 3.63) is 95.0 Å². The maximum absolute atomic E-state index is 13.0. The molecule has 170 valence electrons. The molecule has 1 aliphatic rings. The lowest BCUT2D eigenvalue weighted by atomic mass is 9.92. The standard InChI is InChI=1S/C26H22N4O3S/c1-26(18-7-3-2-4-8-18)24(32)30(25(33)29-26)16-22(31)27-19-13-11-17(12-14-19)15-23-28-20-9-5-6-10-21(20)34-23/h2-14H,15-16H2,1H3,(H,27,31)(H,29,33)/t26-/m0/s1. The van der Waals surface area contributed by atoms with Crippen molar-refractivity contribution >= 4 is 45.1 Å². The van der Waals surface area contributed by atoms with Crippen LogP contribution in [0.25, 0.3) is 10.2 Å². The molecule has 0 saturated carbocycles. The number of hydrogen-bond donors (Lipinski definition) is 2. The third-order valence-corrected chi connectivity index (χ3v) is 6.90. The molecule has 0 unspecified atom stereocenters. The van der Waals surface area contributed by atoms with Crippen molar-refractivity contribution in [3.63, 3.8) is 0 Å². The number of anilines is 1. The average molecular weight is 471 g/mol. The quantitative estimate of drug-likeness (QED) is 0.411. The lowest BCUT2D eigenvalue weighted by molar-refractivity contribution is -0.133. The van der Waals surface area contributed by atoms with E-state index in [0.717, 1.165) is 25.7 Å². The van der Waals surface area contributed by atoms with E-state index >= 15 is 0 Å². The summed E-state index contributed by atoms with van der Waals surface area (Å²) >= 11 is 1.67. The first-order valence-electron chi connectivity index (χ1n) is 10.9. The van der Waals surface area contributed by atoms with E-state index in [1.54, 1.807) is 54.7 Å². The first kappa shape index (κ1) is 21.8. The molecule has 4 aromatic rings. The molecule has 4 amide bonds. The number of carbonyl (C=O) groups excluding carboxylic acids is 3. The normalized spacial score (nSPS) is 17.7. The number of benzene rings is 3. The highest BCUT2D eigenvalue weighted by Crippen LogP contribution is 2.28. The molecular weight excluding hydrogens is 448 g/mol. The average Bonchev–Trinajstić information content (AvgIpc) is 3.34. The Morgan fingerprint density at radius 2 is 1.71 bits per heavy atom. The summed E-state index contributed by atoms with van der Waals surface area (Å²) in [4.78, 5) is 43.6. The Kier molecular flexibility index (Phi) is 5.59. The lowest BCUT2D eigenvalue weighted by Crippen LogP contribution is -2.42. The SMILES string of the molecule is C[C@@]1(c2ccccc2)NC(=O)N(CC(=O)Nc2ccc(Cc3nc4ccccc4s3)cc2)C1=O. The number of thiazole rings is 1. The number of nitrogens with one attached hydrogen (secondary N) is 2. The second kappa shape index (κ2) is 8.72. The summed E-state index contributed by atoms with van der Waals surface area (Å²) in [5, 5.41) is 6.50. The van der Waals surface area contributed by atoms with Crippen molar-refractivity contribution < 1.29 is 14.4 Å². The van der Waals surface area contributed by atoms with Gasteiger partial charge < -0.3 is 10.6 Å². The van der Waals surface area contributed by atoms with Crippen molar-refractivity contribution in [3.8, 4) is 0 Å². The number of imide groups is 1. The Labute approximate surface area is 200 Å². The minimum absolute atomic E-state index is 0.361. The fourth-order valence-electron chi connectivity index (χ4n) is 4.03. The first-order chi connectivity index (χ1) is 16.4. The van der Waals surface area contributed by atoms with E-state index in [9.17, 15) is 14.4 Å². The summed E-state index contributed by atoms with van der Waals surface area (Å²) in [7, 11) is 0. The second-order valence-corrected chi connectivity index (χ2v) is 9.42. The molecule has 2 N–H and O–H groups in total. The van der Waals surface area contributed by atoms with E-state index < -0.39 is 23.4 Å². The Morgan fingerprint density at radius 3 is 2.44 bits per heavy atom. The van der Waals surface area contributed by atoms with E-state index in [1.807, 2.05) is 36.4 Å². The van der Waals surface area contributed by atoms with Gasteiger partial charge in [0.15, 0.2) is 0 Å². The molecule has 0 radical (unpaired) electrons. The highest BCUT2D eigenvalue weighted by Gasteiger charge is 2.49. The fourth-order valence-corrected chi connectivity index (χ4v) is 5.03. The van der Waals surface area contributed by atoms with Crippen molar-refractivity contribution in [2.45, 2.75) is 18.9 Å². The van der Waals surface area contributed by atoms with E-state index in [0.29, 0.717) is 17.7 Å². The molecule has 5 rings (SSSR count). The molecule has 1 atom stereocenters. The molecule has 0 spiro atoms. The minimum Gasteiger partial charge on any atom is -0.325 e. The van der Waals surface area contributed by atoms with Gasteiger partial charge in [-0.25, -0.2) is 9.78 Å². The lowest BCUT2D eigenvalue weighted by Gasteiger charge is -2.22. The van der Waals surface area contributed by atoms with Crippen LogP contribution in [0.15, 0.2) is 78.9 Å². The maximum atomic E-state index is 13.0. The first-order valence-corrected chi connectivity index (χ1v) is 11.7. The molecule has 3 aromatic carbocycles. The van der Waals surface area contributed by atoms with Crippen molar-refractivity contribution in [1.82, 2.24) is 15.2 Å². The van der Waals surface area contributed by atoms with Crippen LogP contribution in [0.1, 0.15) is 23.1 Å². The third-order valence-electron chi connectivity index (χ3n) is 5.86. The van der Waals surface area contributed by atoms with Crippen LogP contribution in [0, 0.1) is 0 Å². The molecule has 2 heterocycles. The maximum Gasteiger partial charge on any atom is 0.325 e. The number of rotatable bonds is 6. The monoisotopic (exact) mass is 470 g/mol. The highest BCUT2D eigenvalue weighted by atomic mass is 32.1. The summed E-state index contributed by atoms with van der Waals surface area (Å²) in [6, 6.07) is 23.9. The number of aromatic nitrogens is 1. The largest absolute Gasteiger partial charge is 0.325 e. The predicted octanol–water partition coefficient (Wildman–Crippen LogP) is 4.29. The van der Waals surface area contributed by atoms with Crippen LogP contribution in [-0.4, -0.2) is 34.3 Å². The van der Waals surface area contributed by atoms with Gasteiger partial charge in [0.2, 0.25) is 5.91 Å². The van der Waals surface area contributed by atoms with Gasteiger partial charge in [0, 0.05) is 12.1 Å². The van der Waals surface area contributed by atoms with Gasteiger partial charge in [-0.2, -0.15) is 0 Å². The topological polar surface area (TPSA) is 91.4 Å². The Morgan fingerprint density at radius 1 is 1.00 bits per heavy atom. The summed E-state index contributed by atoms with van der Waals surface area (Å²) in [5.74, 6) is -0.898. The van der Waals surface area contributed by atoms with Gasteiger partial charge in [-0.05, 0) is 42.3 Å². The van der Waals surface area contributed by atoms with Crippen LogP contribution >= 0.6 is 11.3 Å². The molecule has 0 bridgehead atoms. The van der Waals surface area contributed by atoms with Crippen LogP contribution < -0.4 is 10.6 Å². The van der Waals surface area contributed by atoms with Crippen LogP contribution in [0.5, 0.6) is 0 Å². The van der Waals surface area contributed by atoms with Gasteiger partial charge in [0.05, 0.1) is 15.2 Å². The van der Waals surface area contributed by atoms with Crippen LogP contribution in [-0.2, 0) is 21.5 Å². The van der Waals surface area contributed by atoms with Gasteiger partial charge in [-0.15, -0.1) is 11.3 Å². The zero-order valence-electron chi connectivity index (χ0n) is 18.4. The summed E-state index contributed by atoms with van der Waals surface area (Å²) in [5.41, 5.74) is 2.14. The Hall–Kier alpha value is -4.04. The number of carbonyl (C=O) groups is 3. The third kappa shape index (κ3) is 4.15. The van der Waals surface area contributed by atoms with Crippen molar-refractivity contribution in [1.29, 1.82) is 0 Å². The zero-order chi connectivity index (χ0) is 23.7. The van der Waals surface area contributed by atoms with Crippen molar-refractivity contribution in [2.24, 2.45) is 0 Å². The zero-order valence-corrected chi connectivity index (χ0v) is 19.3. The van der Waals surface area contributed by atoms with Gasteiger partial charge in [0.1, 0.15) is 12.1 Å². The molecule has 7 nitrogen and oxygen atoms in total. The Bertz CT molecular complexity index is 1350. The van der Waals surface area contributed by atoms with Crippen LogP contribution in [0.2, 0.25) is 0 Å². The highest BCUT2D eigenvalue weighted by molar-refractivity contribution is 7.18. The smallest absolute Gasteiger partial charge is 0.325 e. The summed E-state index contributed by atoms with van der Waals surface area (Å²) < 4.78 is 1.16. The molecule has 1 aliphatic heterocycles. The van der Waals surface area contributed by atoms with Gasteiger partial charge in [0.25, 0.3) is 5.91 Å². The molecule has 1 fully saturated rings. The number of hydrogen-bond acceptors (Lipinski definition) is 5. The minimum atomic E-state index is -1.19. The van der Waals surface area contributed by atoms with E-state index in [1.165, 1.54) is 0 Å². The van der Waals surface area contributed by atoms with Gasteiger partial charge in [-0.3, -0.25) is 14.5 Å². The summed E-state index contributed by atoms with van der Waals surface area (Å²) in [6.07, 6.45) is 0.702. The van der Waals surface area contributed by atoms with Crippen LogP contribution in [0.3, 0.4) is 0 Å². The second-order valence-electron chi connectivity index (χ2n) is 8.31. The molecule has 8 heteroatoms. The molecule has 0 aliphatic carbocycles. The van der Waals surface area contributed by atoms with Gasteiger partial charge >= 0.3 is 6.03 Å². The van der Waals surface area contributed by atoms with Crippen molar-refractivity contribution in [2.75, 3.05) is 11.9 Å². The Balaban J connectivity index is 1.21. The van der Waals surface area contributed by atoms with Crippen LogP contribution in [0.4, 0.5) is 10.5 Å². The number of para-hydroxylation sites is 1. The molecular formula is C26H22N4O3S. The molecule has 34 heavy (non-hydrogen) atoms. The fraction of sp³-hybridized carbons (Fsp3) is 0.154. The number of urea groups is 1. The molecule has 1 saturated heterocycles. The summed E-state index contributed by atoms with van der Waals surface area (Å²) in [6.45, 7) is 1.28. The van der Waals surface area contributed by atoms with E-state index in [2.05, 4.69) is 21.7 Å². The van der Waals surface area contributed by atoms with Gasteiger partial charge in [-0.1, -0.05) is 54.6 Å². The number of amides is 4. The molecule has 1 aromatic heterocycles. The van der Waals surface area contributed by atoms with E-state index in [-0.39, 0.29) is 6.54 Å². The van der Waals surface area contributed by atoms with E-state index in [4.69, 9.17) is 0 Å².